The van der Waals surface area contributed by atoms with Crippen LogP contribution in [0.15, 0.2) is 36.5 Å². The minimum atomic E-state index is 0.488. The number of hydrogen-bond donors (Lipinski definition) is 3. The second-order valence-electron chi connectivity index (χ2n) is 4.20. The van der Waals surface area contributed by atoms with Gasteiger partial charge in [0.1, 0.15) is 5.82 Å². The lowest BCUT2D eigenvalue weighted by Crippen LogP contribution is -2.05. The lowest BCUT2D eigenvalue weighted by atomic mass is 10.1. The van der Waals surface area contributed by atoms with Gasteiger partial charge in [-0.15, -0.1) is 0 Å². The maximum absolute atomic E-state index is 5.72. The molecule has 1 aromatic carbocycles. The first-order chi connectivity index (χ1) is 7.84. The molecule has 0 radical (unpaired) electrons. The lowest BCUT2D eigenvalue weighted by molar-refractivity contribution is 1.05. The van der Waals surface area contributed by atoms with Crippen LogP contribution in [0.25, 0.3) is 0 Å². The molecule has 1 heterocycles. The molecule has 1 aliphatic rings. The molecule has 0 bridgehead atoms. The number of aromatic amines is 1. The van der Waals surface area contributed by atoms with E-state index in [1.54, 1.807) is 6.20 Å². The van der Waals surface area contributed by atoms with Crippen molar-refractivity contribution in [2.45, 2.75) is 18.4 Å². The van der Waals surface area contributed by atoms with Crippen molar-refractivity contribution in [3.05, 3.63) is 42.1 Å². The summed E-state index contributed by atoms with van der Waals surface area (Å²) in [5.74, 6) is 1.22. The predicted octanol–water partition coefficient (Wildman–Crippen LogP) is 1.96. The number of nitrogen functional groups attached to an aromatic ring is 1. The van der Waals surface area contributed by atoms with Crippen LogP contribution in [0.4, 0.5) is 11.5 Å². The number of anilines is 2. The van der Waals surface area contributed by atoms with Gasteiger partial charge in [-0.05, 0) is 12.0 Å². The standard InChI is InChI=1S/C12H14N4/c13-12-11(7-14-16-12)15-10-6-9(10)8-4-2-1-3-5-8/h1-5,7,9-10,15H,6H2,(H3,13,14,16). The first kappa shape index (κ1) is 9.27. The first-order valence-electron chi connectivity index (χ1n) is 5.45. The van der Waals surface area contributed by atoms with Gasteiger partial charge in [0.25, 0.3) is 0 Å². The Labute approximate surface area is 93.9 Å². The minimum absolute atomic E-state index is 0.488. The quantitative estimate of drug-likeness (QED) is 0.731. The SMILES string of the molecule is Nc1[nH]ncc1NC1CC1c1ccccc1. The number of nitrogens with one attached hydrogen (secondary N) is 2. The number of nitrogens with zero attached hydrogens (tertiary/aromatic N) is 1. The van der Waals surface area contributed by atoms with Crippen LogP contribution < -0.4 is 11.1 Å². The summed E-state index contributed by atoms with van der Waals surface area (Å²) in [6.07, 6.45) is 2.89. The van der Waals surface area contributed by atoms with Crippen LogP contribution in [-0.2, 0) is 0 Å². The Bertz CT molecular complexity index is 477. The average molecular weight is 214 g/mol. The van der Waals surface area contributed by atoms with Crippen LogP contribution in [0.5, 0.6) is 0 Å². The Morgan fingerprint density at radius 1 is 1.31 bits per heavy atom. The summed E-state index contributed by atoms with van der Waals surface area (Å²) in [5, 5.41) is 10.0. The van der Waals surface area contributed by atoms with Gasteiger partial charge in [-0.25, -0.2) is 0 Å². The second-order valence-corrected chi connectivity index (χ2v) is 4.20. The first-order valence-corrected chi connectivity index (χ1v) is 5.45. The third-order valence-electron chi connectivity index (χ3n) is 3.03. The maximum atomic E-state index is 5.72. The van der Waals surface area contributed by atoms with E-state index in [0.29, 0.717) is 17.8 Å². The van der Waals surface area contributed by atoms with Gasteiger partial charge in [-0.3, -0.25) is 5.10 Å². The molecule has 0 amide bonds. The molecule has 82 valence electrons. The van der Waals surface area contributed by atoms with Gasteiger partial charge in [0, 0.05) is 12.0 Å². The summed E-state index contributed by atoms with van der Waals surface area (Å²) in [7, 11) is 0. The third kappa shape index (κ3) is 1.62. The molecule has 1 aromatic heterocycles. The number of aromatic nitrogens is 2. The van der Waals surface area contributed by atoms with E-state index < -0.39 is 0 Å². The molecule has 4 heteroatoms. The molecular formula is C12H14N4. The van der Waals surface area contributed by atoms with Crippen LogP contribution in [0, 0.1) is 0 Å². The van der Waals surface area contributed by atoms with Crippen molar-refractivity contribution < 1.29 is 0 Å². The van der Waals surface area contributed by atoms with Gasteiger partial charge >= 0.3 is 0 Å². The highest BCUT2D eigenvalue weighted by Gasteiger charge is 2.38. The van der Waals surface area contributed by atoms with E-state index in [1.807, 2.05) is 6.07 Å². The average Bonchev–Trinajstić information content (AvgIpc) is 2.97. The van der Waals surface area contributed by atoms with Gasteiger partial charge < -0.3 is 11.1 Å². The zero-order valence-corrected chi connectivity index (χ0v) is 8.85. The fraction of sp³-hybridized carbons (Fsp3) is 0.250. The number of rotatable bonds is 3. The molecule has 2 unspecified atom stereocenters. The molecule has 2 aromatic rings. The summed E-state index contributed by atoms with van der Waals surface area (Å²) in [6, 6.07) is 11.0. The van der Waals surface area contributed by atoms with E-state index in [-0.39, 0.29) is 0 Å². The topological polar surface area (TPSA) is 66.7 Å². The van der Waals surface area contributed by atoms with Crippen molar-refractivity contribution in [2.75, 3.05) is 11.1 Å². The van der Waals surface area contributed by atoms with E-state index in [2.05, 4.69) is 39.8 Å². The molecule has 4 N–H and O–H groups in total. The van der Waals surface area contributed by atoms with Crippen molar-refractivity contribution >= 4 is 11.5 Å². The molecule has 16 heavy (non-hydrogen) atoms. The molecule has 1 aliphatic carbocycles. The lowest BCUT2D eigenvalue weighted by Gasteiger charge is -2.03. The number of hydrogen-bond acceptors (Lipinski definition) is 3. The highest BCUT2D eigenvalue weighted by atomic mass is 15.2. The Balaban J connectivity index is 1.67. The third-order valence-corrected chi connectivity index (χ3v) is 3.03. The second kappa shape index (κ2) is 3.56. The Hall–Kier alpha value is -1.97. The van der Waals surface area contributed by atoms with Crippen LogP contribution in [0.2, 0.25) is 0 Å². The van der Waals surface area contributed by atoms with E-state index in [0.717, 1.165) is 12.1 Å². The Morgan fingerprint density at radius 3 is 2.81 bits per heavy atom. The molecule has 0 aliphatic heterocycles. The zero-order valence-electron chi connectivity index (χ0n) is 8.85. The van der Waals surface area contributed by atoms with Crippen molar-refractivity contribution in [1.29, 1.82) is 0 Å². The molecule has 1 fully saturated rings. The molecule has 2 atom stereocenters. The zero-order chi connectivity index (χ0) is 11.0. The summed E-state index contributed by atoms with van der Waals surface area (Å²) in [5.41, 5.74) is 8.02. The normalized spacial score (nSPS) is 23.0. The summed E-state index contributed by atoms with van der Waals surface area (Å²) >= 11 is 0. The van der Waals surface area contributed by atoms with Crippen LogP contribution >= 0.6 is 0 Å². The van der Waals surface area contributed by atoms with Gasteiger partial charge in [0.15, 0.2) is 0 Å². The maximum Gasteiger partial charge on any atom is 0.142 e. The van der Waals surface area contributed by atoms with Crippen molar-refractivity contribution in [1.82, 2.24) is 10.2 Å². The van der Waals surface area contributed by atoms with E-state index in [1.165, 1.54) is 5.56 Å². The van der Waals surface area contributed by atoms with Gasteiger partial charge in [-0.1, -0.05) is 30.3 Å². The van der Waals surface area contributed by atoms with Crippen molar-refractivity contribution in [2.24, 2.45) is 0 Å². The van der Waals surface area contributed by atoms with Gasteiger partial charge in [0.05, 0.1) is 11.9 Å². The Morgan fingerprint density at radius 2 is 2.12 bits per heavy atom. The van der Waals surface area contributed by atoms with Crippen LogP contribution in [0.1, 0.15) is 17.9 Å². The van der Waals surface area contributed by atoms with Crippen LogP contribution in [0.3, 0.4) is 0 Å². The summed E-state index contributed by atoms with van der Waals surface area (Å²) in [6.45, 7) is 0. The summed E-state index contributed by atoms with van der Waals surface area (Å²) in [4.78, 5) is 0. The molecule has 0 spiro atoms. The van der Waals surface area contributed by atoms with E-state index >= 15 is 0 Å². The highest BCUT2D eigenvalue weighted by Crippen LogP contribution is 2.43. The molecular weight excluding hydrogens is 200 g/mol. The Kier molecular flexibility index (Phi) is 2.06. The van der Waals surface area contributed by atoms with Crippen molar-refractivity contribution in [3.63, 3.8) is 0 Å². The monoisotopic (exact) mass is 214 g/mol. The van der Waals surface area contributed by atoms with Gasteiger partial charge in [-0.2, -0.15) is 5.10 Å². The summed E-state index contributed by atoms with van der Waals surface area (Å²) < 4.78 is 0. The number of benzene rings is 1. The molecule has 1 saturated carbocycles. The molecule has 3 rings (SSSR count). The van der Waals surface area contributed by atoms with Crippen molar-refractivity contribution in [3.8, 4) is 0 Å². The minimum Gasteiger partial charge on any atom is -0.382 e. The van der Waals surface area contributed by atoms with Crippen LogP contribution in [-0.4, -0.2) is 16.2 Å². The van der Waals surface area contributed by atoms with Gasteiger partial charge in [0.2, 0.25) is 0 Å². The fourth-order valence-electron chi connectivity index (χ4n) is 2.03. The molecule has 4 nitrogen and oxygen atoms in total. The highest BCUT2D eigenvalue weighted by molar-refractivity contribution is 5.61. The number of H-pyrrole nitrogens is 1. The molecule has 0 saturated heterocycles. The fourth-order valence-corrected chi connectivity index (χ4v) is 2.03. The largest absolute Gasteiger partial charge is 0.382 e. The number of nitrogens with two attached hydrogens (primary N) is 1. The predicted molar refractivity (Wildman–Crippen MR) is 64.2 cm³/mol. The smallest absolute Gasteiger partial charge is 0.142 e. The van der Waals surface area contributed by atoms with E-state index in [9.17, 15) is 0 Å². The van der Waals surface area contributed by atoms with E-state index in [4.69, 9.17) is 5.73 Å².